The zero-order valence-electron chi connectivity index (χ0n) is 16.3. The molecule has 0 spiro atoms. The lowest BCUT2D eigenvalue weighted by atomic mass is 9.96. The van der Waals surface area contributed by atoms with Gasteiger partial charge >= 0.3 is 0 Å². The predicted octanol–water partition coefficient (Wildman–Crippen LogP) is 6.57. The van der Waals surface area contributed by atoms with Gasteiger partial charge in [-0.25, -0.2) is 0 Å². The van der Waals surface area contributed by atoms with Crippen LogP contribution in [-0.4, -0.2) is 18.7 Å². The van der Waals surface area contributed by atoms with E-state index in [0.29, 0.717) is 16.5 Å². The largest absolute Gasteiger partial charge is 0.493 e. The highest BCUT2D eigenvalue weighted by molar-refractivity contribution is 9.12. The van der Waals surface area contributed by atoms with Crippen molar-refractivity contribution in [3.8, 4) is 0 Å². The van der Waals surface area contributed by atoms with Crippen molar-refractivity contribution in [1.29, 1.82) is 0 Å². The van der Waals surface area contributed by atoms with E-state index in [0.717, 1.165) is 12.8 Å². The summed E-state index contributed by atoms with van der Waals surface area (Å²) in [4.78, 5) is 24.1. The first kappa shape index (κ1) is 22.9. The van der Waals surface area contributed by atoms with Crippen molar-refractivity contribution < 1.29 is 14.3 Å². The molecule has 4 heteroatoms. The number of hydrogen-bond acceptors (Lipinski definition) is 3. The van der Waals surface area contributed by atoms with Gasteiger partial charge in [0.2, 0.25) is 5.78 Å². The Labute approximate surface area is 167 Å². The lowest BCUT2D eigenvalue weighted by Gasteiger charge is -2.15. The molecule has 0 aromatic carbocycles. The van der Waals surface area contributed by atoms with Crippen LogP contribution in [0.2, 0.25) is 0 Å². The highest BCUT2D eigenvalue weighted by atomic mass is 79.9. The number of ether oxygens (including phenoxy) is 1. The summed E-state index contributed by atoms with van der Waals surface area (Å²) in [7, 11) is 1.43. The molecule has 0 atom stereocenters. The van der Waals surface area contributed by atoms with E-state index < -0.39 is 0 Å². The molecule has 0 aromatic rings. The van der Waals surface area contributed by atoms with Gasteiger partial charge in [0.1, 0.15) is 0 Å². The Kier molecular flexibility index (Phi) is 12.3. The Morgan fingerprint density at radius 1 is 0.923 bits per heavy atom. The summed E-state index contributed by atoms with van der Waals surface area (Å²) in [6.45, 7) is 2.23. The molecular formula is C22H33BrO3. The average Bonchev–Trinajstić information content (AvgIpc) is 2.64. The molecule has 0 aliphatic heterocycles. The molecule has 1 aliphatic rings. The summed E-state index contributed by atoms with van der Waals surface area (Å²) in [5.74, 6) is -0.192. The number of methoxy groups -OCH3 is 1. The third-order valence-electron chi connectivity index (χ3n) is 4.65. The number of carbonyl (C=O) groups excluding carboxylic acids is 2. The van der Waals surface area contributed by atoms with Crippen LogP contribution in [0.4, 0.5) is 0 Å². The molecule has 0 amide bonds. The summed E-state index contributed by atoms with van der Waals surface area (Å²) in [6.07, 6.45) is 19.8. The van der Waals surface area contributed by atoms with Gasteiger partial charge in [0.25, 0.3) is 0 Å². The molecule has 0 bridgehead atoms. The molecule has 3 nitrogen and oxygen atoms in total. The Bertz CT molecular complexity index is 544. The van der Waals surface area contributed by atoms with Crippen LogP contribution in [0.25, 0.3) is 0 Å². The van der Waals surface area contributed by atoms with Gasteiger partial charge < -0.3 is 4.74 Å². The SMILES string of the molecule is CCCC/C=C\CCCCCCCCCC1=C(Br)C(=O)C=C(OC)C1=O. The molecule has 0 saturated heterocycles. The summed E-state index contributed by atoms with van der Waals surface area (Å²) in [6, 6.07) is 0. The monoisotopic (exact) mass is 424 g/mol. The summed E-state index contributed by atoms with van der Waals surface area (Å²) >= 11 is 3.26. The summed E-state index contributed by atoms with van der Waals surface area (Å²) < 4.78 is 5.40. The van der Waals surface area contributed by atoms with Crippen molar-refractivity contribution in [2.45, 2.75) is 84.0 Å². The van der Waals surface area contributed by atoms with E-state index in [2.05, 4.69) is 35.0 Å². The first-order valence-electron chi connectivity index (χ1n) is 10.00. The maximum absolute atomic E-state index is 12.2. The van der Waals surface area contributed by atoms with Crippen molar-refractivity contribution in [3.05, 3.63) is 34.0 Å². The van der Waals surface area contributed by atoms with Crippen molar-refractivity contribution in [2.24, 2.45) is 0 Å². The molecule has 146 valence electrons. The number of hydrogen-bond donors (Lipinski definition) is 0. The second-order valence-electron chi connectivity index (χ2n) is 6.83. The quantitative estimate of drug-likeness (QED) is 0.179. The Hall–Kier alpha value is -1.16. The first-order chi connectivity index (χ1) is 12.6. The average molecular weight is 425 g/mol. The lowest BCUT2D eigenvalue weighted by molar-refractivity contribution is -0.117. The fourth-order valence-corrected chi connectivity index (χ4v) is 3.52. The Morgan fingerprint density at radius 2 is 1.50 bits per heavy atom. The minimum absolute atomic E-state index is 0.150. The van der Waals surface area contributed by atoms with Gasteiger partial charge in [0.15, 0.2) is 11.5 Å². The molecule has 0 aromatic heterocycles. The molecule has 0 fully saturated rings. The van der Waals surface area contributed by atoms with Crippen molar-refractivity contribution >= 4 is 27.5 Å². The lowest BCUT2D eigenvalue weighted by Crippen LogP contribution is -2.18. The maximum atomic E-state index is 12.2. The minimum atomic E-state index is -0.180. The number of Topliss-reactive ketones (excluding diaryl/α,β-unsaturated/α-hetero) is 1. The molecule has 1 rings (SSSR count). The molecule has 0 unspecified atom stereocenters. The van der Waals surface area contributed by atoms with Gasteiger partial charge in [0.05, 0.1) is 11.6 Å². The number of unbranched alkanes of at least 4 members (excludes halogenated alkanes) is 9. The van der Waals surface area contributed by atoms with Gasteiger partial charge in [-0.05, 0) is 48.0 Å². The number of halogens is 1. The van der Waals surface area contributed by atoms with Gasteiger partial charge in [0, 0.05) is 11.6 Å². The smallest absolute Gasteiger partial charge is 0.224 e. The number of allylic oxidation sites excluding steroid dienone is 5. The second-order valence-corrected chi connectivity index (χ2v) is 7.62. The molecular weight excluding hydrogens is 392 g/mol. The van der Waals surface area contributed by atoms with E-state index in [9.17, 15) is 9.59 Å². The van der Waals surface area contributed by atoms with Crippen molar-refractivity contribution in [3.63, 3.8) is 0 Å². The van der Waals surface area contributed by atoms with Gasteiger partial charge in [-0.2, -0.15) is 0 Å². The van der Waals surface area contributed by atoms with E-state index >= 15 is 0 Å². The van der Waals surface area contributed by atoms with Gasteiger partial charge in [-0.3, -0.25) is 9.59 Å². The Morgan fingerprint density at radius 3 is 2.12 bits per heavy atom. The highest BCUT2D eigenvalue weighted by Crippen LogP contribution is 2.28. The van der Waals surface area contributed by atoms with Crippen molar-refractivity contribution in [1.82, 2.24) is 0 Å². The van der Waals surface area contributed by atoms with E-state index in [1.807, 2.05) is 0 Å². The number of rotatable bonds is 14. The van der Waals surface area contributed by atoms with Crippen LogP contribution in [0.5, 0.6) is 0 Å². The summed E-state index contributed by atoms with van der Waals surface area (Å²) in [5, 5.41) is 0. The topological polar surface area (TPSA) is 43.4 Å². The molecule has 1 aliphatic carbocycles. The maximum Gasteiger partial charge on any atom is 0.224 e. The standard InChI is InChI=1S/C22H33BrO3/c1-3-4-5-6-7-8-9-10-11-12-13-14-15-16-18-21(23)19(24)17-20(26-2)22(18)25/h6-7,17H,3-5,8-16H2,1-2H3/b7-6-. The zero-order chi connectivity index (χ0) is 19.2. The molecule has 26 heavy (non-hydrogen) atoms. The van der Waals surface area contributed by atoms with E-state index in [1.165, 1.54) is 71.0 Å². The van der Waals surface area contributed by atoms with Crippen LogP contribution in [-0.2, 0) is 14.3 Å². The predicted molar refractivity (Wildman–Crippen MR) is 111 cm³/mol. The van der Waals surface area contributed by atoms with Gasteiger partial charge in [-0.1, -0.05) is 64.0 Å². The number of carbonyl (C=O) groups is 2. The normalized spacial score (nSPS) is 15.1. The molecule has 0 N–H and O–H groups in total. The third-order valence-corrected chi connectivity index (χ3v) is 5.52. The Balaban J connectivity index is 2.09. The minimum Gasteiger partial charge on any atom is -0.493 e. The fourth-order valence-electron chi connectivity index (χ4n) is 3.03. The van der Waals surface area contributed by atoms with Crippen LogP contribution in [0, 0.1) is 0 Å². The zero-order valence-corrected chi connectivity index (χ0v) is 17.9. The van der Waals surface area contributed by atoms with E-state index in [-0.39, 0.29) is 17.3 Å². The number of ketones is 2. The van der Waals surface area contributed by atoms with Gasteiger partial charge in [-0.15, -0.1) is 0 Å². The van der Waals surface area contributed by atoms with Crippen LogP contribution in [0.1, 0.15) is 84.0 Å². The van der Waals surface area contributed by atoms with E-state index in [1.54, 1.807) is 0 Å². The van der Waals surface area contributed by atoms with Crippen LogP contribution >= 0.6 is 15.9 Å². The molecule has 0 heterocycles. The molecule has 0 radical (unpaired) electrons. The van der Waals surface area contributed by atoms with E-state index in [4.69, 9.17) is 4.74 Å². The summed E-state index contributed by atoms with van der Waals surface area (Å²) in [5.41, 5.74) is 0.559. The highest BCUT2D eigenvalue weighted by Gasteiger charge is 2.27. The first-order valence-corrected chi connectivity index (χ1v) is 10.8. The third kappa shape index (κ3) is 8.48. The van der Waals surface area contributed by atoms with Crippen LogP contribution in [0.15, 0.2) is 34.0 Å². The second kappa shape index (κ2) is 14.0. The van der Waals surface area contributed by atoms with Crippen molar-refractivity contribution in [2.75, 3.05) is 7.11 Å². The van der Waals surface area contributed by atoms with Crippen LogP contribution in [0.3, 0.4) is 0 Å². The molecule has 0 saturated carbocycles. The fraction of sp³-hybridized carbons (Fsp3) is 0.636. The van der Waals surface area contributed by atoms with Crippen LogP contribution < -0.4 is 0 Å².